The topological polar surface area (TPSA) is 155 Å². The number of imidazole rings is 1. The predicted molar refractivity (Wildman–Crippen MR) is 173 cm³/mol. The highest BCUT2D eigenvalue weighted by Crippen LogP contribution is 2.23. The van der Waals surface area contributed by atoms with Gasteiger partial charge in [0.2, 0.25) is 5.91 Å². The Hall–Kier alpha value is -4.81. The lowest BCUT2D eigenvalue weighted by atomic mass is 10.0. The maximum atomic E-state index is 13.6. The van der Waals surface area contributed by atoms with Gasteiger partial charge >= 0.3 is 12.2 Å². The van der Waals surface area contributed by atoms with E-state index in [9.17, 15) is 24.0 Å². The van der Waals surface area contributed by atoms with E-state index in [1.54, 1.807) is 65.5 Å². The molecule has 3 heterocycles. The number of Topliss-reactive ketones (excluding diaryl/α,β-unsaturated/α-hetero) is 1. The molecule has 0 aliphatic carbocycles. The fraction of sp³-hybridized carbons (Fsp3) is 0.485. The summed E-state index contributed by atoms with van der Waals surface area (Å²) < 4.78 is 13.0. The Labute approximate surface area is 268 Å². The number of likely N-dealkylation sites (N-methyl/N-ethyl adjacent to an activating group) is 1. The van der Waals surface area contributed by atoms with Crippen molar-refractivity contribution < 1.29 is 28.7 Å². The number of rotatable bonds is 12. The summed E-state index contributed by atoms with van der Waals surface area (Å²) in [6.45, 7) is 9.35. The van der Waals surface area contributed by atoms with Crippen LogP contribution in [0.25, 0.3) is 11.2 Å². The van der Waals surface area contributed by atoms with E-state index in [-0.39, 0.29) is 36.7 Å². The number of alkyl carbamates (subject to hydrolysis) is 1. The van der Waals surface area contributed by atoms with Crippen LogP contribution in [-0.2, 0) is 38.4 Å². The van der Waals surface area contributed by atoms with Crippen molar-refractivity contribution >= 4 is 35.0 Å². The average Bonchev–Trinajstić information content (AvgIpc) is 3.34. The highest BCUT2D eigenvalue weighted by Gasteiger charge is 2.26. The molecule has 3 rings (SSSR count). The molecule has 13 heteroatoms. The van der Waals surface area contributed by atoms with Gasteiger partial charge in [0.15, 0.2) is 11.4 Å². The number of aromatic nitrogens is 4. The molecule has 0 radical (unpaired) electrons. The van der Waals surface area contributed by atoms with Crippen molar-refractivity contribution in [1.82, 2.24) is 29.3 Å². The van der Waals surface area contributed by atoms with Gasteiger partial charge in [-0.05, 0) is 69.7 Å². The smallest absolute Gasteiger partial charge is 0.421 e. The van der Waals surface area contributed by atoms with Crippen molar-refractivity contribution in [3.05, 3.63) is 70.0 Å². The number of hydrogen-bond acceptors (Lipinski definition) is 9. The number of nitrogens with one attached hydrogen (secondary N) is 1. The number of methoxy groups -OCH3 is 1. The third-order valence-electron chi connectivity index (χ3n) is 6.87. The second-order valence-corrected chi connectivity index (χ2v) is 12.6. The largest absolute Gasteiger partial charge is 0.453 e. The van der Waals surface area contributed by atoms with Crippen LogP contribution >= 0.6 is 0 Å². The van der Waals surface area contributed by atoms with E-state index in [2.05, 4.69) is 28.9 Å². The summed E-state index contributed by atoms with van der Waals surface area (Å²) in [7, 11) is 4.44. The second kappa shape index (κ2) is 15.5. The third-order valence-corrected chi connectivity index (χ3v) is 6.87. The molecule has 0 saturated carbocycles. The lowest BCUT2D eigenvalue weighted by Gasteiger charge is -2.20. The van der Waals surface area contributed by atoms with Crippen LogP contribution in [0.4, 0.5) is 9.59 Å². The first-order chi connectivity index (χ1) is 21.6. The highest BCUT2D eigenvalue weighted by atomic mass is 16.6. The third kappa shape index (κ3) is 9.59. The summed E-state index contributed by atoms with van der Waals surface area (Å²) in [5.74, 6) is -0.0358. The minimum atomic E-state index is -0.957. The highest BCUT2D eigenvalue weighted by molar-refractivity contribution is 5.89. The summed E-state index contributed by atoms with van der Waals surface area (Å²) in [6, 6.07) is 4.08. The zero-order valence-corrected chi connectivity index (χ0v) is 27.8. The molecule has 13 nitrogen and oxygen atoms in total. The molecule has 0 saturated heterocycles. The van der Waals surface area contributed by atoms with E-state index in [1.807, 2.05) is 6.07 Å². The van der Waals surface area contributed by atoms with Crippen molar-refractivity contribution in [2.45, 2.75) is 78.5 Å². The van der Waals surface area contributed by atoms with E-state index in [0.717, 1.165) is 5.56 Å². The van der Waals surface area contributed by atoms with Crippen molar-refractivity contribution in [2.24, 2.45) is 5.92 Å². The molecule has 0 unspecified atom stereocenters. The first-order valence-corrected chi connectivity index (χ1v) is 15.1. The lowest BCUT2D eigenvalue weighted by molar-refractivity contribution is -0.123. The fourth-order valence-corrected chi connectivity index (χ4v) is 4.70. The van der Waals surface area contributed by atoms with E-state index < -0.39 is 35.2 Å². The van der Waals surface area contributed by atoms with Gasteiger partial charge in [0.25, 0.3) is 5.56 Å². The van der Waals surface area contributed by atoms with Crippen LogP contribution in [0.2, 0.25) is 0 Å². The van der Waals surface area contributed by atoms with Gasteiger partial charge in [-0.1, -0.05) is 26.0 Å². The normalized spacial score (nSPS) is 12.4. The van der Waals surface area contributed by atoms with Gasteiger partial charge < -0.3 is 24.3 Å². The molecule has 1 atom stereocenters. The maximum Gasteiger partial charge on any atom is 0.421 e. The van der Waals surface area contributed by atoms with Crippen LogP contribution in [0.5, 0.6) is 0 Å². The van der Waals surface area contributed by atoms with Gasteiger partial charge in [-0.25, -0.2) is 24.1 Å². The molecular formula is C33H44N6O7. The van der Waals surface area contributed by atoms with Gasteiger partial charge in [0.05, 0.1) is 19.7 Å². The number of carbonyl (C=O) groups excluding carboxylic acids is 4. The number of fused-ring (bicyclic) bond motifs is 1. The standard InChI is InChI=1S/C33H44N6O7/c1-21(2)18-22-15-16-34-29-28(22)36-26(39(29)32(44)46-33(3,4)5)20-38-17-11-12-23(30(38)42)19-25(40)24(35-31(43)45-8)13-9-10-14-27(41)37(6)7/h10-12,14-17,21,24H,9,13,18-20H2,1-8H3,(H,35,43)/b14-10+/t24-/m0/s1. The summed E-state index contributed by atoms with van der Waals surface area (Å²) in [4.78, 5) is 74.8. The lowest BCUT2D eigenvalue weighted by Crippen LogP contribution is -2.42. The molecule has 0 aliphatic rings. The number of pyridine rings is 2. The predicted octanol–water partition coefficient (Wildman–Crippen LogP) is 3.88. The Kier molecular flexibility index (Phi) is 12.0. The molecule has 0 spiro atoms. The van der Waals surface area contributed by atoms with Gasteiger partial charge in [-0.2, -0.15) is 0 Å². The van der Waals surface area contributed by atoms with Crippen molar-refractivity contribution in [3.8, 4) is 0 Å². The van der Waals surface area contributed by atoms with Gasteiger partial charge in [-0.15, -0.1) is 0 Å². The minimum absolute atomic E-state index is 0.0911. The van der Waals surface area contributed by atoms with Gasteiger partial charge in [-0.3, -0.25) is 14.4 Å². The quantitative estimate of drug-likeness (QED) is 0.292. The van der Waals surface area contributed by atoms with Crippen LogP contribution in [0.3, 0.4) is 0 Å². The molecular weight excluding hydrogens is 592 g/mol. The SMILES string of the molecule is COC(=O)N[C@@H](CC/C=C/C(=O)N(C)C)C(=O)Cc1cccn(Cc2nc3c(CC(C)C)ccnc3n2C(=O)OC(C)(C)C)c1=O. The van der Waals surface area contributed by atoms with Crippen molar-refractivity contribution in [3.63, 3.8) is 0 Å². The summed E-state index contributed by atoms with van der Waals surface area (Å²) in [5, 5.41) is 2.52. The number of amides is 2. The number of hydrogen-bond donors (Lipinski definition) is 1. The van der Waals surface area contributed by atoms with Gasteiger partial charge in [0.1, 0.15) is 16.9 Å². The molecule has 0 fully saturated rings. The van der Waals surface area contributed by atoms with Crippen LogP contribution in [0, 0.1) is 5.92 Å². The Morgan fingerprint density at radius 3 is 2.46 bits per heavy atom. The van der Waals surface area contributed by atoms with Crippen LogP contribution in [0.1, 0.15) is 64.4 Å². The molecule has 0 bridgehead atoms. The summed E-state index contributed by atoms with van der Waals surface area (Å²) >= 11 is 0. The van der Waals surface area contributed by atoms with Crippen molar-refractivity contribution in [2.75, 3.05) is 21.2 Å². The van der Waals surface area contributed by atoms with Gasteiger partial charge in [0, 0.05) is 38.5 Å². The minimum Gasteiger partial charge on any atom is -0.453 e. The first kappa shape index (κ1) is 35.7. The van der Waals surface area contributed by atoms with E-state index in [4.69, 9.17) is 9.72 Å². The second-order valence-electron chi connectivity index (χ2n) is 12.6. The number of carbonyl (C=O) groups is 4. The average molecular weight is 637 g/mol. The Bertz CT molecular complexity index is 1660. The molecule has 46 heavy (non-hydrogen) atoms. The van der Waals surface area contributed by atoms with Crippen molar-refractivity contribution in [1.29, 1.82) is 0 Å². The number of ketones is 1. The molecule has 248 valence electrons. The number of nitrogens with zero attached hydrogens (tertiary/aromatic N) is 5. The Morgan fingerprint density at radius 1 is 1.11 bits per heavy atom. The molecule has 3 aromatic heterocycles. The Balaban J connectivity index is 1.94. The molecule has 0 aliphatic heterocycles. The fourth-order valence-electron chi connectivity index (χ4n) is 4.70. The van der Waals surface area contributed by atoms with E-state index in [1.165, 1.54) is 27.2 Å². The van der Waals surface area contributed by atoms with E-state index in [0.29, 0.717) is 29.9 Å². The summed E-state index contributed by atoms with van der Waals surface area (Å²) in [6.07, 6.45) is 5.69. The van der Waals surface area contributed by atoms with E-state index >= 15 is 0 Å². The molecule has 0 aromatic carbocycles. The summed E-state index contributed by atoms with van der Waals surface area (Å²) in [5.41, 5.74) is 0.752. The zero-order chi connectivity index (χ0) is 34.2. The number of allylic oxidation sites excluding steroid dienone is 1. The van der Waals surface area contributed by atoms with Crippen LogP contribution in [0.15, 0.2) is 47.5 Å². The molecule has 2 amide bonds. The molecule has 1 N–H and O–H groups in total. The van der Waals surface area contributed by atoms with Crippen LogP contribution < -0.4 is 10.9 Å². The Morgan fingerprint density at radius 2 is 1.83 bits per heavy atom. The van der Waals surface area contributed by atoms with Crippen LogP contribution in [-0.4, -0.2) is 80.7 Å². The monoisotopic (exact) mass is 636 g/mol. The zero-order valence-electron chi connectivity index (χ0n) is 27.8. The molecule has 3 aromatic rings. The first-order valence-electron chi connectivity index (χ1n) is 15.1. The number of ether oxygens (including phenoxy) is 2. The maximum absolute atomic E-state index is 13.6.